The van der Waals surface area contributed by atoms with Gasteiger partial charge in [0.2, 0.25) is 10.0 Å². The van der Waals surface area contributed by atoms with Crippen molar-refractivity contribution in [3.05, 3.63) is 0 Å². The molecule has 1 aliphatic rings. The Bertz CT molecular complexity index is 355. The zero-order chi connectivity index (χ0) is 14.5. The van der Waals surface area contributed by atoms with Crippen molar-refractivity contribution < 1.29 is 8.42 Å². The number of rotatable bonds is 6. The zero-order valence-electron chi connectivity index (χ0n) is 12.7. The van der Waals surface area contributed by atoms with Crippen molar-refractivity contribution in [3.8, 4) is 0 Å². The number of sulfonamides is 1. The van der Waals surface area contributed by atoms with Crippen molar-refractivity contribution in [2.75, 3.05) is 31.9 Å². The molecule has 0 spiro atoms. The highest BCUT2D eigenvalue weighted by molar-refractivity contribution is 7.89. The van der Waals surface area contributed by atoms with Crippen molar-refractivity contribution >= 4 is 10.0 Å². The summed E-state index contributed by atoms with van der Waals surface area (Å²) < 4.78 is 25.1. The van der Waals surface area contributed by atoms with Gasteiger partial charge in [0, 0.05) is 37.8 Å². The largest absolute Gasteiger partial charge is 0.313 e. The van der Waals surface area contributed by atoms with Gasteiger partial charge < -0.3 is 10.6 Å². The molecule has 1 heterocycles. The Balaban J connectivity index is 2.21. The average molecular weight is 291 g/mol. The van der Waals surface area contributed by atoms with Crippen LogP contribution in [0.2, 0.25) is 0 Å². The molecule has 0 aliphatic carbocycles. The van der Waals surface area contributed by atoms with Gasteiger partial charge in [0.1, 0.15) is 0 Å². The molecule has 19 heavy (non-hydrogen) atoms. The number of piperidine rings is 1. The summed E-state index contributed by atoms with van der Waals surface area (Å²) >= 11 is 0. The minimum Gasteiger partial charge on any atom is -0.313 e. The lowest BCUT2D eigenvalue weighted by Gasteiger charge is -2.31. The summed E-state index contributed by atoms with van der Waals surface area (Å²) in [6.45, 7) is 11.3. The number of hydrogen-bond acceptors (Lipinski definition) is 4. The molecule has 6 heteroatoms. The van der Waals surface area contributed by atoms with Crippen LogP contribution in [0, 0.1) is 0 Å². The molecule has 0 atom stereocenters. The molecule has 2 N–H and O–H groups in total. The van der Waals surface area contributed by atoms with Gasteiger partial charge in [-0.1, -0.05) is 0 Å². The quantitative estimate of drug-likeness (QED) is 0.710. The van der Waals surface area contributed by atoms with Gasteiger partial charge in [-0.3, -0.25) is 0 Å². The second-order valence-corrected chi connectivity index (χ2v) is 8.46. The van der Waals surface area contributed by atoms with Crippen LogP contribution < -0.4 is 10.6 Å². The van der Waals surface area contributed by atoms with Gasteiger partial charge in [-0.25, -0.2) is 12.7 Å². The molecule has 0 bridgehead atoms. The van der Waals surface area contributed by atoms with Gasteiger partial charge in [-0.2, -0.15) is 0 Å². The fourth-order valence-corrected chi connectivity index (χ4v) is 3.37. The van der Waals surface area contributed by atoms with E-state index in [0.717, 1.165) is 25.9 Å². The van der Waals surface area contributed by atoms with Crippen molar-refractivity contribution in [2.45, 2.75) is 52.1 Å². The molecule has 0 saturated carbocycles. The maximum atomic E-state index is 11.7. The van der Waals surface area contributed by atoms with Crippen molar-refractivity contribution in [3.63, 3.8) is 0 Å². The first-order chi connectivity index (χ1) is 8.74. The molecule has 0 aromatic carbocycles. The summed E-state index contributed by atoms with van der Waals surface area (Å²) in [7, 11) is -3.00. The lowest BCUT2D eigenvalue weighted by Crippen LogP contribution is -2.47. The molecule has 5 nitrogen and oxygen atoms in total. The van der Waals surface area contributed by atoms with Crippen molar-refractivity contribution in [1.82, 2.24) is 14.9 Å². The van der Waals surface area contributed by atoms with Crippen LogP contribution in [0.4, 0.5) is 0 Å². The second kappa shape index (κ2) is 7.02. The van der Waals surface area contributed by atoms with Crippen LogP contribution in [0.15, 0.2) is 0 Å². The lowest BCUT2D eigenvalue weighted by atomic mass is 10.1. The SMILES string of the molecule is CCS(=O)(=O)N1CCC(NCCNC(C)(C)C)CC1. The Labute approximate surface area is 118 Å². The van der Waals surface area contributed by atoms with Gasteiger partial charge in [0.05, 0.1) is 5.75 Å². The van der Waals surface area contributed by atoms with E-state index in [4.69, 9.17) is 0 Å². The number of nitrogens with zero attached hydrogens (tertiary/aromatic N) is 1. The smallest absolute Gasteiger partial charge is 0.213 e. The Kier molecular flexibility index (Phi) is 6.23. The first-order valence-corrected chi connectivity index (χ1v) is 8.82. The third kappa shape index (κ3) is 6.21. The van der Waals surface area contributed by atoms with E-state index in [1.807, 2.05) is 0 Å². The molecule has 1 aliphatic heterocycles. The molecule has 0 aromatic heterocycles. The Morgan fingerprint density at radius 1 is 1.16 bits per heavy atom. The van der Waals surface area contributed by atoms with Crippen LogP contribution in [0.3, 0.4) is 0 Å². The van der Waals surface area contributed by atoms with Gasteiger partial charge in [0.25, 0.3) is 0 Å². The van der Waals surface area contributed by atoms with Gasteiger partial charge in [0.15, 0.2) is 0 Å². The van der Waals surface area contributed by atoms with E-state index in [-0.39, 0.29) is 11.3 Å². The monoisotopic (exact) mass is 291 g/mol. The number of nitrogens with one attached hydrogen (secondary N) is 2. The predicted octanol–water partition coefficient (Wildman–Crippen LogP) is 0.778. The van der Waals surface area contributed by atoms with Crippen LogP contribution in [0.25, 0.3) is 0 Å². The van der Waals surface area contributed by atoms with Gasteiger partial charge in [-0.05, 0) is 40.5 Å². The van der Waals surface area contributed by atoms with Crippen LogP contribution >= 0.6 is 0 Å². The Morgan fingerprint density at radius 2 is 1.74 bits per heavy atom. The standard InChI is InChI=1S/C13H29N3O2S/c1-5-19(17,18)16-10-6-12(7-11-16)14-8-9-15-13(2,3)4/h12,14-15H,5-11H2,1-4H3. The van der Waals surface area contributed by atoms with E-state index in [1.165, 1.54) is 0 Å². The molecule has 0 aromatic rings. The first-order valence-electron chi connectivity index (χ1n) is 7.21. The minimum atomic E-state index is -3.00. The molecule has 0 unspecified atom stereocenters. The molecule has 0 amide bonds. The van der Waals surface area contributed by atoms with E-state index in [0.29, 0.717) is 19.1 Å². The maximum Gasteiger partial charge on any atom is 0.213 e. The molecule has 1 fully saturated rings. The summed E-state index contributed by atoms with van der Waals surface area (Å²) in [5, 5.41) is 6.94. The third-order valence-electron chi connectivity index (χ3n) is 3.43. The summed E-state index contributed by atoms with van der Waals surface area (Å²) in [5.41, 5.74) is 0.153. The number of hydrogen-bond donors (Lipinski definition) is 2. The maximum absolute atomic E-state index is 11.7. The third-order valence-corrected chi connectivity index (χ3v) is 5.31. The normalized spacial score (nSPS) is 19.8. The summed E-state index contributed by atoms with van der Waals surface area (Å²) in [4.78, 5) is 0. The van der Waals surface area contributed by atoms with E-state index in [9.17, 15) is 8.42 Å². The highest BCUT2D eigenvalue weighted by Gasteiger charge is 2.26. The van der Waals surface area contributed by atoms with E-state index in [1.54, 1.807) is 11.2 Å². The topological polar surface area (TPSA) is 61.4 Å². The molecular weight excluding hydrogens is 262 g/mol. The molecular formula is C13H29N3O2S. The molecule has 114 valence electrons. The first kappa shape index (κ1) is 16.9. The van der Waals surface area contributed by atoms with E-state index in [2.05, 4.69) is 31.4 Å². The molecule has 1 rings (SSSR count). The van der Waals surface area contributed by atoms with Crippen LogP contribution in [0.1, 0.15) is 40.5 Å². The van der Waals surface area contributed by atoms with Crippen LogP contribution in [0.5, 0.6) is 0 Å². The zero-order valence-corrected chi connectivity index (χ0v) is 13.5. The second-order valence-electron chi connectivity index (χ2n) is 6.20. The van der Waals surface area contributed by atoms with Crippen LogP contribution in [-0.4, -0.2) is 56.2 Å². The van der Waals surface area contributed by atoms with Crippen molar-refractivity contribution in [1.29, 1.82) is 0 Å². The van der Waals surface area contributed by atoms with Crippen LogP contribution in [-0.2, 0) is 10.0 Å². The van der Waals surface area contributed by atoms with E-state index >= 15 is 0 Å². The Hall–Kier alpha value is -0.170. The predicted molar refractivity (Wildman–Crippen MR) is 79.8 cm³/mol. The highest BCUT2D eigenvalue weighted by Crippen LogP contribution is 2.14. The highest BCUT2D eigenvalue weighted by atomic mass is 32.2. The van der Waals surface area contributed by atoms with Gasteiger partial charge >= 0.3 is 0 Å². The fourth-order valence-electron chi connectivity index (χ4n) is 2.23. The molecule has 0 radical (unpaired) electrons. The fraction of sp³-hybridized carbons (Fsp3) is 1.00. The Morgan fingerprint density at radius 3 is 2.21 bits per heavy atom. The summed E-state index contributed by atoms with van der Waals surface area (Å²) in [5.74, 6) is 0.209. The lowest BCUT2D eigenvalue weighted by molar-refractivity contribution is 0.287. The van der Waals surface area contributed by atoms with E-state index < -0.39 is 10.0 Å². The van der Waals surface area contributed by atoms with Crippen molar-refractivity contribution in [2.24, 2.45) is 0 Å². The summed E-state index contributed by atoms with van der Waals surface area (Å²) in [6, 6.07) is 0.449. The average Bonchev–Trinajstić information content (AvgIpc) is 2.34. The summed E-state index contributed by atoms with van der Waals surface area (Å²) in [6.07, 6.45) is 1.82. The molecule has 1 saturated heterocycles. The minimum absolute atomic E-state index is 0.153. The van der Waals surface area contributed by atoms with Gasteiger partial charge in [-0.15, -0.1) is 0 Å².